The molecule has 1 heterocycles. The van der Waals surface area contributed by atoms with Crippen LogP contribution in [-0.2, 0) is 0 Å². The van der Waals surface area contributed by atoms with Gasteiger partial charge in [0.2, 0.25) is 0 Å². The molecule has 6 heteroatoms. The highest BCUT2D eigenvalue weighted by molar-refractivity contribution is 7.99. The second kappa shape index (κ2) is 5.08. The van der Waals surface area contributed by atoms with Crippen LogP contribution in [0.3, 0.4) is 0 Å². The number of rotatable bonds is 3. The highest BCUT2D eigenvalue weighted by Crippen LogP contribution is 2.30. The first-order chi connectivity index (χ1) is 7.28. The van der Waals surface area contributed by atoms with E-state index in [1.165, 1.54) is 11.8 Å². The molecule has 5 nitrogen and oxygen atoms in total. The summed E-state index contributed by atoms with van der Waals surface area (Å²) in [5.41, 5.74) is 5.73. The number of thioether (sulfide) groups is 1. The molecule has 0 bridgehead atoms. The van der Waals surface area contributed by atoms with E-state index >= 15 is 0 Å². The van der Waals surface area contributed by atoms with Gasteiger partial charge in [0.05, 0.1) is 11.4 Å². The lowest BCUT2D eigenvalue weighted by Crippen LogP contribution is -1.87. The molecule has 0 aliphatic heterocycles. The molecule has 0 radical (unpaired) electrons. The fourth-order valence-electron chi connectivity index (χ4n) is 1.10. The standard InChI is InChI=1S/C9H9N5S/c1-2-15-9-7(4-11)6(3-10)8(14-9)13-5-12/h5,14H,2H2,1H3,(H2,12,13). The van der Waals surface area contributed by atoms with Crippen LogP contribution in [0.1, 0.15) is 18.1 Å². The summed E-state index contributed by atoms with van der Waals surface area (Å²) in [4.78, 5) is 6.69. The summed E-state index contributed by atoms with van der Waals surface area (Å²) in [5, 5.41) is 18.5. The van der Waals surface area contributed by atoms with Crippen molar-refractivity contribution in [2.24, 2.45) is 10.7 Å². The fraction of sp³-hybridized carbons (Fsp3) is 0.222. The normalized spacial score (nSPS) is 10.1. The van der Waals surface area contributed by atoms with E-state index in [4.69, 9.17) is 16.3 Å². The highest BCUT2D eigenvalue weighted by Gasteiger charge is 2.16. The lowest BCUT2D eigenvalue weighted by Gasteiger charge is -1.92. The van der Waals surface area contributed by atoms with Crippen molar-refractivity contribution in [3.8, 4) is 12.1 Å². The SMILES string of the molecule is CCSc1[nH]c(/N=C\N)c(C#N)c1C#N. The molecular formula is C9H9N5S. The van der Waals surface area contributed by atoms with Gasteiger partial charge >= 0.3 is 0 Å². The minimum Gasteiger partial charge on any atom is -0.390 e. The number of H-pyrrole nitrogens is 1. The summed E-state index contributed by atoms with van der Waals surface area (Å²) in [6.45, 7) is 1.96. The monoisotopic (exact) mass is 219 g/mol. The number of aromatic amines is 1. The Labute approximate surface area is 91.6 Å². The number of aliphatic imine (C=N–C) groups is 1. The number of nitrogens with two attached hydrogens (primary N) is 1. The van der Waals surface area contributed by atoms with Crippen molar-refractivity contribution in [1.29, 1.82) is 10.5 Å². The quantitative estimate of drug-likeness (QED) is 0.456. The third kappa shape index (κ3) is 2.12. The number of nitrogens with one attached hydrogen (secondary N) is 1. The van der Waals surface area contributed by atoms with Crippen LogP contribution in [0, 0.1) is 22.7 Å². The Morgan fingerprint density at radius 1 is 1.47 bits per heavy atom. The Morgan fingerprint density at radius 3 is 2.60 bits per heavy atom. The molecule has 0 aromatic carbocycles. The Hall–Kier alpha value is -1.92. The molecule has 0 aliphatic carbocycles. The maximum atomic E-state index is 8.92. The second-order valence-electron chi connectivity index (χ2n) is 2.49. The maximum Gasteiger partial charge on any atom is 0.151 e. The number of nitrogens with zero attached hydrogens (tertiary/aromatic N) is 3. The molecule has 1 aromatic heterocycles. The summed E-state index contributed by atoms with van der Waals surface area (Å²) in [6, 6.07) is 3.93. The smallest absolute Gasteiger partial charge is 0.151 e. The fourth-order valence-corrected chi connectivity index (χ4v) is 1.85. The van der Waals surface area contributed by atoms with E-state index in [9.17, 15) is 0 Å². The van der Waals surface area contributed by atoms with Gasteiger partial charge in [0.1, 0.15) is 23.3 Å². The second-order valence-corrected chi connectivity index (χ2v) is 3.76. The first-order valence-corrected chi connectivity index (χ1v) is 5.20. The predicted molar refractivity (Wildman–Crippen MR) is 59.0 cm³/mol. The van der Waals surface area contributed by atoms with Crippen molar-refractivity contribution in [1.82, 2.24) is 4.98 Å². The van der Waals surface area contributed by atoms with Gasteiger partial charge in [-0.25, -0.2) is 4.99 Å². The minimum atomic E-state index is 0.246. The molecule has 0 saturated heterocycles. The van der Waals surface area contributed by atoms with E-state index in [1.54, 1.807) is 0 Å². The van der Waals surface area contributed by atoms with Crippen LogP contribution in [0.25, 0.3) is 0 Å². The Morgan fingerprint density at radius 2 is 2.13 bits per heavy atom. The molecule has 0 unspecified atom stereocenters. The van der Waals surface area contributed by atoms with Gasteiger partial charge in [-0.05, 0) is 5.75 Å². The molecule has 1 rings (SSSR count). The summed E-state index contributed by atoms with van der Waals surface area (Å²) >= 11 is 1.46. The van der Waals surface area contributed by atoms with Crippen molar-refractivity contribution < 1.29 is 0 Å². The molecule has 3 N–H and O–H groups in total. The van der Waals surface area contributed by atoms with Crippen molar-refractivity contribution in [2.45, 2.75) is 11.9 Å². The molecule has 0 amide bonds. The van der Waals surface area contributed by atoms with Crippen LogP contribution in [0.4, 0.5) is 5.82 Å². The van der Waals surface area contributed by atoms with Gasteiger partial charge in [-0.3, -0.25) is 0 Å². The molecule has 0 aliphatic rings. The van der Waals surface area contributed by atoms with Gasteiger partial charge < -0.3 is 10.7 Å². The molecular weight excluding hydrogens is 210 g/mol. The van der Waals surface area contributed by atoms with Crippen LogP contribution in [0.2, 0.25) is 0 Å². The van der Waals surface area contributed by atoms with Crippen LogP contribution >= 0.6 is 11.8 Å². The Bertz CT molecular complexity index is 460. The van der Waals surface area contributed by atoms with E-state index in [0.29, 0.717) is 16.4 Å². The van der Waals surface area contributed by atoms with Gasteiger partial charge in [0.15, 0.2) is 5.82 Å². The van der Waals surface area contributed by atoms with Crippen LogP contribution < -0.4 is 5.73 Å². The molecule has 0 atom stereocenters. The van der Waals surface area contributed by atoms with Gasteiger partial charge in [-0.2, -0.15) is 10.5 Å². The number of hydrogen-bond acceptors (Lipinski definition) is 4. The van der Waals surface area contributed by atoms with E-state index in [2.05, 4.69) is 9.98 Å². The van der Waals surface area contributed by atoms with Crippen molar-refractivity contribution >= 4 is 23.9 Å². The summed E-state index contributed by atoms with van der Waals surface area (Å²) < 4.78 is 0. The molecule has 0 saturated carbocycles. The maximum absolute atomic E-state index is 8.92. The average Bonchev–Trinajstić information content (AvgIpc) is 2.56. The number of aromatic nitrogens is 1. The molecule has 1 aromatic rings. The lowest BCUT2D eigenvalue weighted by atomic mass is 10.2. The topological polar surface area (TPSA) is 102 Å². The van der Waals surface area contributed by atoms with Gasteiger partial charge in [0, 0.05) is 0 Å². The molecule has 0 fully saturated rings. The van der Waals surface area contributed by atoms with Crippen LogP contribution in [-0.4, -0.2) is 17.1 Å². The zero-order valence-corrected chi connectivity index (χ0v) is 8.93. The zero-order chi connectivity index (χ0) is 11.3. The molecule has 0 spiro atoms. The summed E-state index contributed by atoms with van der Waals surface area (Å²) in [7, 11) is 0. The van der Waals surface area contributed by atoms with E-state index in [1.807, 2.05) is 19.1 Å². The molecule has 15 heavy (non-hydrogen) atoms. The predicted octanol–water partition coefficient (Wildman–Crippen LogP) is 1.49. The van der Waals surface area contributed by atoms with Crippen LogP contribution in [0.15, 0.2) is 10.0 Å². The van der Waals surface area contributed by atoms with E-state index in [-0.39, 0.29) is 5.56 Å². The van der Waals surface area contributed by atoms with E-state index < -0.39 is 0 Å². The third-order valence-electron chi connectivity index (χ3n) is 1.66. The minimum absolute atomic E-state index is 0.246. The van der Waals surface area contributed by atoms with Gasteiger partial charge in [0.25, 0.3) is 0 Å². The number of hydrogen-bond donors (Lipinski definition) is 2. The summed E-state index contributed by atoms with van der Waals surface area (Å²) in [6.07, 6.45) is 1.09. The zero-order valence-electron chi connectivity index (χ0n) is 8.11. The largest absolute Gasteiger partial charge is 0.390 e. The molecule has 76 valence electrons. The van der Waals surface area contributed by atoms with Crippen molar-refractivity contribution in [2.75, 3.05) is 5.75 Å². The number of nitriles is 2. The van der Waals surface area contributed by atoms with Crippen molar-refractivity contribution in [3.05, 3.63) is 11.1 Å². The third-order valence-corrected chi connectivity index (χ3v) is 2.55. The summed E-state index contributed by atoms with van der Waals surface area (Å²) in [5.74, 6) is 1.15. The van der Waals surface area contributed by atoms with Gasteiger partial charge in [-0.1, -0.05) is 6.92 Å². The first kappa shape index (κ1) is 11.2. The van der Waals surface area contributed by atoms with Crippen molar-refractivity contribution in [3.63, 3.8) is 0 Å². The van der Waals surface area contributed by atoms with Crippen LogP contribution in [0.5, 0.6) is 0 Å². The van der Waals surface area contributed by atoms with E-state index in [0.717, 1.165) is 12.1 Å². The Kier molecular flexibility index (Phi) is 3.78. The highest BCUT2D eigenvalue weighted by atomic mass is 32.2. The Balaban J connectivity index is 3.33. The lowest BCUT2D eigenvalue weighted by molar-refractivity contribution is 1.17. The average molecular weight is 219 g/mol. The first-order valence-electron chi connectivity index (χ1n) is 4.21. The van der Waals surface area contributed by atoms with Gasteiger partial charge in [-0.15, -0.1) is 11.8 Å².